The number of benzene rings is 1. The Balaban J connectivity index is 1.96. The van der Waals surface area contributed by atoms with Crippen LogP contribution in [0.15, 0.2) is 36.4 Å². The van der Waals surface area contributed by atoms with Crippen molar-refractivity contribution in [2.24, 2.45) is 5.41 Å². The lowest BCUT2D eigenvalue weighted by molar-refractivity contribution is 0.413. The molecule has 0 amide bonds. The zero-order valence-electron chi connectivity index (χ0n) is 8.24. The fraction of sp³-hybridized carbons (Fsp3) is 0.429. The minimum Gasteiger partial charge on any atom is -0.0879 e. The number of allylic oxidation sites excluding steroid dienone is 2. The summed E-state index contributed by atoms with van der Waals surface area (Å²) in [6.07, 6.45) is 9.04. The van der Waals surface area contributed by atoms with Gasteiger partial charge in [-0.25, -0.2) is 0 Å². The number of hydrogen-bond acceptors (Lipinski definition) is 0. The molecule has 0 N–H and O–H groups in total. The molecule has 0 saturated heterocycles. The zero-order valence-corrected chi connectivity index (χ0v) is 8.24. The molecule has 3 aliphatic rings. The molecule has 0 heterocycles. The highest BCUT2D eigenvalue weighted by Crippen LogP contribution is 2.75. The summed E-state index contributed by atoms with van der Waals surface area (Å²) in [5.74, 6) is 1.67. The third kappa shape index (κ3) is 0.648. The van der Waals surface area contributed by atoms with Crippen molar-refractivity contribution in [2.75, 3.05) is 0 Å². The lowest BCUT2D eigenvalue weighted by Crippen LogP contribution is -2.12. The van der Waals surface area contributed by atoms with Crippen LogP contribution in [-0.2, 0) is 0 Å². The summed E-state index contributed by atoms with van der Waals surface area (Å²) < 4.78 is 0. The smallest absolute Gasteiger partial charge is 0.00834 e. The first-order valence-corrected chi connectivity index (χ1v) is 5.67. The molecule has 1 spiro atoms. The van der Waals surface area contributed by atoms with E-state index in [0.29, 0.717) is 5.41 Å². The van der Waals surface area contributed by atoms with Crippen molar-refractivity contribution < 1.29 is 0 Å². The van der Waals surface area contributed by atoms with Gasteiger partial charge in [0.1, 0.15) is 0 Å². The van der Waals surface area contributed by atoms with Gasteiger partial charge < -0.3 is 0 Å². The SMILES string of the molecule is C1=CC2c3ccccc3C3CC23CC1. The van der Waals surface area contributed by atoms with Crippen LogP contribution in [0.4, 0.5) is 0 Å². The summed E-state index contributed by atoms with van der Waals surface area (Å²) >= 11 is 0. The Morgan fingerprint density at radius 3 is 2.93 bits per heavy atom. The maximum atomic E-state index is 2.47. The Bertz CT molecular complexity index is 429. The van der Waals surface area contributed by atoms with Crippen LogP contribution in [0.1, 0.15) is 42.2 Å². The van der Waals surface area contributed by atoms with E-state index in [0.717, 1.165) is 11.8 Å². The molecule has 1 saturated carbocycles. The van der Waals surface area contributed by atoms with Crippen LogP contribution in [0.5, 0.6) is 0 Å². The van der Waals surface area contributed by atoms with Gasteiger partial charge in [-0.3, -0.25) is 0 Å². The highest BCUT2D eigenvalue weighted by atomic mass is 14.7. The predicted octanol–water partition coefficient (Wildman–Crippen LogP) is 3.61. The van der Waals surface area contributed by atoms with Crippen LogP contribution < -0.4 is 0 Å². The Labute approximate surface area is 84.6 Å². The minimum atomic E-state index is 0.679. The maximum absolute atomic E-state index is 2.47. The first-order chi connectivity index (χ1) is 6.92. The summed E-state index contributed by atoms with van der Waals surface area (Å²) in [5, 5.41) is 0. The first-order valence-electron chi connectivity index (χ1n) is 5.67. The third-order valence-corrected chi connectivity index (χ3v) is 4.55. The van der Waals surface area contributed by atoms with Crippen molar-refractivity contribution in [3.63, 3.8) is 0 Å². The molecule has 14 heavy (non-hydrogen) atoms. The van der Waals surface area contributed by atoms with Crippen molar-refractivity contribution in [1.29, 1.82) is 0 Å². The fourth-order valence-electron chi connectivity index (χ4n) is 3.82. The second-order valence-corrected chi connectivity index (χ2v) is 5.06. The molecule has 3 unspecified atom stereocenters. The molecule has 1 aromatic rings. The van der Waals surface area contributed by atoms with Crippen LogP contribution >= 0.6 is 0 Å². The molecule has 0 heteroatoms. The van der Waals surface area contributed by atoms with Crippen molar-refractivity contribution in [2.45, 2.75) is 31.1 Å². The number of rotatable bonds is 0. The van der Waals surface area contributed by atoms with Crippen LogP contribution in [0, 0.1) is 5.41 Å². The fourth-order valence-corrected chi connectivity index (χ4v) is 3.82. The van der Waals surface area contributed by atoms with Gasteiger partial charge in [0.25, 0.3) is 0 Å². The highest BCUT2D eigenvalue weighted by Gasteiger charge is 2.63. The van der Waals surface area contributed by atoms with Crippen LogP contribution in [0.3, 0.4) is 0 Å². The van der Waals surface area contributed by atoms with Crippen LogP contribution in [-0.4, -0.2) is 0 Å². The topological polar surface area (TPSA) is 0 Å². The molecular weight excluding hydrogens is 168 g/mol. The third-order valence-electron chi connectivity index (χ3n) is 4.55. The average molecular weight is 182 g/mol. The Hall–Kier alpha value is -1.04. The van der Waals surface area contributed by atoms with Crippen molar-refractivity contribution in [1.82, 2.24) is 0 Å². The predicted molar refractivity (Wildman–Crippen MR) is 57.3 cm³/mol. The van der Waals surface area contributed by atoms with E-state index in [1.807, 2.05) is 0 Å². The Morgan fingerprint density at radius 2 is 2.00 bits per heavy atom. The zero-order chi connectivity index (χ0) is 9.17. The van der Waals surface area contributed by atoms with Crippen molar-refractivity contribution in [3.8, 4) is 0 Å². The normalized spacial score (nSPS) is 41.4. The van der Waals surface area contributed by atoms with Gasteiger partial charge in [-0.05, 0) is 41.7 Å². The molecule has 0 bridgehead atoms. The molecule has 0 aliphatic heterocycles. The summed E-state index contributed by atoms with van der Waals surface area (Å²) in [4.78, 5) is 0. The molecule has 0 aromatic heterocycles. The molecule has 0 radical (unpaired) electrons. The van der Waals surface area contributed by atoms with Gasteiger partial charge in [0, 0.05) is 5.92 Å². The second kappa shape index (κ2) is 2.13. The first kappa shape index (κ1) is 7.28. The van der Waals surface area contributed by atoms with Gasteiger partial charge in [-0.2, -0.15) is 0 Å². The molecule has 1 aromatic carbocycles. The lowest BCUT2D eigenvalue weighted by Gasteiger charge is -2.24. The van der Waals surface area contributed by atoms with E-state index in [-0.39, 0.29) is 0 Å². The van der Waals surface area contributed by atoms with E-state index in [4.69, 9.17) is 0 Å². The van der Waals surface area contributed by atoms with E-state index < -0.39 is 0 Å². The molecule has 3 aliphatic carbocycles. The van der Waals surface area contributed by atoms with Gasteiger partial charge in [0.2, 0.25) is 0 Å². The largest absolute Gasteiger partial charge is 0.0879 e. The average Bonchev–Trinajstić information content (AvgIpc) is 2.88. The molecule has 1 fully saturated rings. The summed E-state index contributed by atoms with van der Waals surface area (Å²) in [6.45, 7) is 0. The Morgan fingerprint density at radius 1 is 1.14 bits per heavy atom. The van der Waals surface area contributed by atoms with Gasteiger partial charge in [-0.15, -0.1) is 0 Å². The molecule has 3 atom stereocenters. The monoisotopic (exact) mass is 182 g/mol. The van der Waals surface area contributed by atoms with E-state index >= 15 is 0 Å². The number of fused-ring (bicyclic) bond motifs is 3. The van der Waals surface area contributed by atoms with E-state index in [9.17, 15) is 0 Å². The van der Waals surface area contributed by atoms with E-state index in [2.05, 4.69) is 36.4 Å². The minimum absolute atomic E-state index is 0.679. The second-order valence-electron chi connectivity index (χ2n) is 5.06. The summed E-state index contributed by atoms with van der Waals surface area (Å²) in [5.41, 5.74) is 3.96. The van der Waals surface area contributed by atoms with Crippen molar-refractivity contribution in [3.05, 3.63) is 47.5 Å². The van der Waals surface area contributed by atoms with Gasteiger partial charge in [-0.1, -0.05) is 36.4 Å². The maximum Gasteiger partial charge on any atom is 0.00834 e. The quantitative estimate of drug-likeness (QED) is 0.538. The molecule has 4 rings (SSSR count). The van der Waals surface area contributed by atoms with Gasteiger partial charge in [0.05, 0.1) is 0 Å². The highest BCUT2D eigenvalue weighted by molar-refractivity contribution is 5.52. The van der Waals surface area contributed by atoms with Gasteiger partial charge in [0.15, 0.2) is 0 Å². The standard InChI is InChI=1S/C14H14/c1-2-6-11-10(5-1)12-7-3-4-8-14(12)9-13(11)14/h1-3,5-7,12-13H,4,8-9H2. The van der Waals surface area contributed by atoms with Crippen LogP contribution in [0.25, 0.3) is 0 Å². The van der Waals surface area contributed by atoms with E-state index in [1.54, 1.807) is 11.1 Å². The van der Waals surface area contributed by atoms with Crippen LogP contribution in [0.2, 0.25) is 0 Å². The van der Waals surface area contributed by atoms with E-state index in [1.165, 1.54) is 19.3 Å². The molecular formula is C14H14. The lowest BCUT2D eigenvalue weighted by atomic mass is 9.80. The summed E-state index contributed by atoms with van der Waals surface area (Å²) in [7, 11) is 0. The molecule has 70 valence electrons. The van der Waals surface area contributed by atoms with Gasteiger partial charge >= 0.3 is 0 Å². The summed E-state index contributed by atoms with van der Waals surface area (Å²) in [6, 6.07) is 9.08. The van der Waals surface area contributed by atoms with Crippen molar-refractivity contribution >= 4 is 0 Å². The Kier molecular flexibility index (Phi) is 1.11. The number of hydrogen-bond donors (Lipinski definition) is 0. The molecule has 0 nitrogen and oxygen atoms in total.